The summed E-state index contributed by atoms with van der Waals surface area (Å²) in [4.78, 5) is 9.90. The zero-order valence-electron chi connectivity index (χ0n) is 12.0. The molecule has 0 aliphatic rings. The van der Waals surface area contributed by atoms with Crippen molar-refractivity contribution in [2.24, 2.45) is 0 Å². The molecular formula is C15H14N2O5S. The predicted octanol–water partition coefficient (Wildman–Crippen LogP) is 2.96. The summed E-state index contributed by atoms with van der Waals surface area (Å²) in [5.74, 6) is 0.572. The Balaban J connectivity index is 2.19. The lowest BCUT2D eigenvalue weighted by atomic mass is 10.3. The van der Waals surface area contributed by atoms with E-state index in [1.165, 1.54) is 30.3 Å². The van der Waals surface area contributed by atoms with Crippen LogP contribution in [0.4, 0.5) is 11.4 Å². The molecule has 0 aliphatic carbocycles. The van der Waals surface area contributed by atoms with Crippen molar-refractivity contribution in [3.05, 3.63) is 71.3 Å². The van der Waals surface area contributed by atoms with E-state index in [9.17, 15) is 18.5 Å². The van der Waals surface area contributed by atoms with Crippen molar-refractivity contribution in [3.8, 4) is 5.75 Å². The largest absolute Gasteiger partial charge is 0.490 e. The molecule has 0 aromatic heterocycles. The Morgan fingerprint density at radius 1 is 1.22 bits per heavy atom. The number of nitrogens with one attached hydrogen (secondary N) is 1. The van der Waals surface area contributed by atoms with Crippen molar-refractivity contribution in [1.29, 1.82) is 0 Å². The van der Waals surface area contributed by atoms with E-state index in [1.807, 2.05) is 0 Å². The Morgan fingerprint density at radius 2 is 1.91 bits per heavy atom. The molecule has 0 atom stereocenters. The van der Waals surface area contributed by atoms with Gasteiger partial charge in [0, 0.05) is 17.8 Å². The summed E-state index contributed by atoms with van der Waals surface area (Å²) in [5.41, 5.74) is 0.0310. The fourth-order valence-electron chi connectivity index (χ4n) is 1.75. The topological polar surface area (TPSA) is 98.5 Å². The van der Waals surface area contributed by atoms with Crippen molar-refractivity contribution < 1.29 is 18.1 Å². The Kier molecular flexibility index (Phi) is 4.97. The minimum Gasteiger partial charge on any atom is -0.490 e. The highest BCUT2D eigenvalue weighted by molar-refractivity contribution is 7.92. The van der Waals surface area contributed by atoms with Gasteiger partial charge in [0.2, 0.25) is 0 Å². The van der Waals surface area contributed by atoms with Crippen LogP contribution >= 0.6 is 0 Å². The SMILES string of the molecule is C=CCOc1ccc(NS(=O)(=O)c2cccc([N+](=O)[O-])c2)cc1. The first-order valence-corrected chi connectivity index (χ1v) is 8.02. The van der Waals surface area contributed by atoms with Gasteiger partial charge in [-0.15, -0.1) is 0 Å². The van der Waals surface area contributed by atoms with E-state index in [4.69, 9.17) is 4.74 Å². The lowest BCUT2D eigenvalue weighted by Crippen LogP contribution is -2.13. The summed E-state index contributed by atoms with van der Waals surface area (Å²) in [6.07, 6.45) is 1.60. The summed E-state index contributed by atoms with van der Waals surface area (Å²) in [6, 6.07) is 11.1. The number of hydrogen-bond donors (Lipinski definition) is 1. The fourth-order valence-corrected chi connectivity index (χ4v) is 2.85. The van der Waals surface area contributed by atoms with E-state index in [1.54, 1.807) is 18.2 Å². The average molecular weight is 334 g/mol. The minimum absolute atomic E-state index is 0.182. The van der Waals surface area contributed by atoms with Gasteiger partial charge in [0.1, 0.15) is 12.4 Å². The highest BCUT2D eigenvalue weighted by Crippen LogP contribution is 2.22. The molecule has 0 saturated heterocycles. The van der Waals surface area contributed by atoms with Crippen molar-refractivity contribution in [3.63, 3.8) is 0 Å². The normalized spacial score (nSPS) is 10.8. The standard InChI is InChI=1S/C15H14N2O5S/c1-2-10-22-14-8-6-12(7-9-14)16-23(20,21)15-5-3-4-13(11-15)17(18)19/h2-9,11,16H,1,10H2. The second kappa shape index (κ2) is 6.93. The zero-order chi connectivity index (χ0) is 16.9. The molecule has 0 unspecified atom stereocenters. The zero-order valence-corrected chi connectivity index (χ0v) is 12.8. The molecule has 7 nitrogen and oxygen atoms in total. The number of nitrogens with zero attached hydrogens (tertiary/aromatic N) is 1. The third-order valence-electron chi connectivity index (χ3n) is 2.81. The van der Waals surface area contributed by atoms with E-state index in [0.29, 0.717) is 18.0 Å². The van der Waals surface area contributed by atoms with Crippen LogP contribution in [0.3, 0.4) is 0 Å². The number of benzene rings is 2. The molecule has 2 aromatic rings. The summed E-state index contributed by atoms with van der Waals surface area (Å²) in [5, 5.41) is 10.7. The van der Waals surface area contributed by atoms with Crippen LogP contribution in [0.25, 0.3) is 0 Å². The monoisotopic (exact) mass is 334 g/mol. The highest BCUT2D eigenvalue weighted by Gasteiger charge is 2.17. The Hall–Kier alpha value is -2.87. The molecule has 23 heavy (non-hydrogen) atoms. The molecule has 0 saturated carbocycles. The van der Waals surface area contributed by atoms with Crippen molar-refractivity contribution in [1.82, 2.24) is 0 Å². The summed E-state index contributed by atoms with van der Waals surface area (Å²) >= 11 is 0. The van der Waals surface area contributed by atoms with E-state index < -0.39 is 14.9 Å². The molecular weight excluding hydrogens is 320 g/mol. The molecule has 1 N–H and O–H groups in total. The van der Waals surface area contributed by atoms with Gasteiger partial charge in [-0.3, -0.25) is 14.8 Å². The van der Waals surface area contributed by atoms with Crippen LogP contribution < -0.4 is 9.46 Å². The molecule has 0 spiro atoms. The maximum Gasteiger partial charge on any atom is 0.270 e. The third kappa shape index (κ3) is 4.30. The molecule has 0 aliphatic heterocycles. The Labute approximate surface area is 133 Å². The second-order valence-electron chi connectivity index (χ2n) is 4.48. The first-order chi connectivity index (χ1) is 10.9. The summed E-state index contributed by atoms with van der Waals surface area (Å²) in [7, 11) is -3.91. The number of sulfonamides is 1. The van der Waals surface area contributed by atoms with Gasteiger partial charge < -0.3 is 4.74 Å². The number of nitro benzene ring substituents is 1. The second-order valence-corrected chi connectivity index (χ2v) is 6.17. The van der Waals surface area contributed by atoms with Gasteiger partial charge in [-0.2, -0.15) is 0 Å². The van der Waals surface area contributed by atoms with Crippen LogP contribution in [0.1, 0.15) is 0 Å². The van der Waals surface area contributed by atoms with E-state index >= 15 is 0 Å². The van der Waals surface area contributed by atoms with E-state index in [0.717, 1.165) is 6.07 Å². The molecule has 0 bridgehead atoms. The first-order valence-electron chi connectivity index (χ1n) is 6.53. The van der Waals surface area contributed by atoms with E-state index in [-0.39, 0.29) is 10.6 Å². The highest BCUT2D eigenvalue weighted by atomic mass is 32.2. The molecule has 0 heterocycles. The Morgan fingerprint density at radius 3 is 2.52 bits per heavy atom. The number of rotatable bonds is 7. The maximum absolute atomic E-state index is 12.3. The van der Waals surface area contributed by atoms with Gasteiger partial charge in [-0.05, 0) is 30.3 Å². The quantitative estimate of drug-likeness (QED) is 0.477. The number of nitro groups is 1. The molecule has 2 rings (SSSR count). The van der Waals surface area contributed by atoms with Crippen molar-refractivity contribution in [2.45, 2.75) is 4.90 Å². The van der Waals surface area contributed by atoms with Crippen LogP contribution in [-0.4, -0.2) is 19.9 Å². The number of ether oxygens (including phenoxy) is 1. The van der Waals surface area contributed by atoms with Crippen molar-refractivity contribution >= 4 is 21.4 Å². The Bertz CT molecular complexity index is 816. The lowest BCUT2D eigenvalue weighted by Gasteiger charge is -2.09. The van der Waals surface area contributed by atoms with Gasteiger partial charge in [-0.1, -0.05) is 18.7 Å². The minimum atomic E-state index is -3.91. The molecule has 8 heteroatoms. The molecule has 120 valence electrons. The van der Waals surface area contributed by atoms with Gasteiger partial charge in [0.25, 0.3) is 15.7 Å². The van der Waals surface area contributed by atoms with Crippen molar-refractivity contribution in [2.75, 3.05) is 11.3 Å². The lowest BCUT2D eigenvalue weighted by molar-refractivity contribution is -0.385. The van der Waals surface area contributed by atoms with E-state index in [2.05, 4.69) is 11.3 Å². The molecule has 0 radical (unpaired) electrons. The van der Waals surface area contributed by atoms with Crippen LogP contribution in [0.15, 0.2) is 66.1 Å². The fraction of sp³-hybridized carbons (Fsp3) is 0.0667. The number of hydrogen-bond acceptors (Lipinski definition) is 5. The molecule has 2 aromatic carbocycles. The predicted molar refractivity (Wildman–Crippen MR) is 86.0 cm³/mol. The maximum atomic E-state index is 12.3. The third-order valence-corrected chi connectivity index (χ3v) is 4.19. The van der Waals surface area contributed by atoms with Gasteiger partial charge in [0.05, 0.1) is 9.82 Å². The van der Waals surface area contributed by atoms with Crippen LogP contribution in [0.2, 0.25) is 0 Å². The van der Waals surface area contributed by atoms with Crippen LogP contribution in [-0.2, 0) is 10.0 Å². The smallest absolute Gasteiger partial charge is 0.270 e. The molecule has 0 fully saturated rings. The van der Waals surface area contributed by atoms with Crippen LogP contribution in [0.5, 0.6) is 5.75 Å². The number of non-ortho nitro benzene ring substituents is 1. The van der Waals surface area contributed by atoms with Gasteiger partial charge in [-0.25, -0.2) is 8.42 Å². The first kappa shape index (κ1) is 16.5. The molecule has 0 amide bonds. The van der Waals surface area contributed by atoms with Crippen LogP contribution in [0, 0.1) is 10.1 Å². The average Bonchev–Trinajstić information content (AvgIpc) is 2.54. The summed E-state index contributed by atoms with van der Waals surface area (Å²) < 4.78 is 32.2. The number of anilines is 1. The van der Waals surface area contributed by atoms with Gasteiger partial charge >= 0.3 is 0 Å². The van der Waals surface area contributed by atoms with Gasteiger partial charge in [0.15, 0.2) is 0 Å². The summed E-state index contributed by atoms with van der Waals surface area (Å²) in [6.45, 7) is 3.88.